The highest BCUT2D eigenvalue weighted by Crippen LogP contribution is 2.34. The van der Waals surface area contributed by atoms with Crippen LogP contribution in [0, 0.1) is 12.7 Å². The second kappa shape index (κ2) is 7.75. The van der Waals surface area contributed by atoms with Crippen LogP contribution in [0.2, 0.25) is 0 Å². The summed E-state index contributed by atoms with van der Waals surface area (Å²) < 4.78 is 14.6. The van der Waals surface area contributed by atoms with E-state index in [1.165, 1.54) is 6.07 Å². The predicted molar refractivity (Wildman–Crippen MR) is 114 cm³/mol. The second-order valence-corrected chi connectivity index (χ2v) is 7.00. The Morgan fingerprint density at radius 3 is 2.79 bits per heavy atom. The topological polar surface area (TPSA) is 66.0 Å². The first kappa shape index (κ1) is 18.7. The van der Waals surface area contributed by atoms with Gasteiger partial charge in [-0.3, -0.25) is 9.78 Å². The molecule has 5 nitrogen and oxygen atoms in total. The Hall–Kier alpha value is -3.67. The van der Waals surface area contributed by atoms with Crippen LogP contribution >= 0.6 is 0 Å². The number of anilines is 3. The molecule has 1 aliphatic rings. The SMILES string of the molecule is Cc1cccc2c1/C(=C/Nc1ccc(NC(C)c3cccnc3)c(F)c1)C(=O)N2. The van der Waals surface area contributed by atoms with Gasteiger partial charge in [0.2, 0.25) is 0 Å². The summed E-state index contributed by atoms with van der Waals surface area (Å²) in [4.78, 5) is 16.4. The monoisotopic (exact) mass is 388 g/mol. The number of hydrogen-bond acceptors (Lipinski definition) is 4. The number of carbonyl (C=O) groups excluding carboxylic acids is 1. The molecular weight excluding hydrogens is 367 g/mol. The normalized spacial score (nSPS) is 15.0. The minimum Gasteiger partial charge on any atom is -0.376 e. The molecule has 6 heteroatoms. The lowest BCUT2D eigenvalue weighted by Gasteiger charge is -2.16. The van der Waals surface area contributed by atoms with E-state index in [1.807, 2.05) is 44.2 Å². The largest absolute Gasteiger partial charge is 0.376 e. The third kappa shape index (κ3) is 3.82. The molecule has 0 saturated heterocycles. The quantitative estimate of drug-likeness (QED) is 0.532. The number of rotatable bonds is 5. The van der Waals surface area contributed by atoms with Crippen LogP contribution in [-0.2, 0) is 4.79 Å². The van der Waals surface area contributed by atoms with Crippen LogP contribution in [0.1, 0.15) is 29.7 Å². The molecule has 1 aromatic heterocycles. The van der Waals surface area contributed by atoms with Crippen LogP contribution in [0.5, 0.6) is 0 Å². The number of aromatic nitrogens is 1. The number of amides is 1. The number of nitrogens with one attached hydrogen (secondary N) is 3. The highest BCUT2D eigenvalue weighted by atomic mass is 19.1. The summed E-state index contributed by atoms with van der Waals surface area (Å²) in [6, 6.07) is 14.3. The van der Waals surface area contributed by atoms with Gasteiger partial charge in [0.15, 0.2) is 0 Å². The molecule has 1 amide bonds. The van der Waals surface area contributed by atoms with Crippen molar-refractivity contribution in [3.05, 3.63) is 89.6 Å². The van der Waals surface area contributed by atoms with Crippen LogP contribution in [0.4, 0.5) is 21.5 Å². The van der Waals surface area contributed by atoms with Gasteiger partial charge in [0, 0.05) is 35.5 Å². The van der Waals surface area contributed by atoms with Crippen LogP contribution in [0.3, 0.4) is 0 Å². The van der Waals surface area contributed by atoms with Crippen molar-refractivity contribution < 1.29 is 9.18 Å². The number of hydrogen-bond donors (Lipinski definition) is 3. The maximum atomic E-state index is 14.6. The lowest BCUT2D eigenvalue weighted by molar-refractivity contribution is -0.110. The van der Waals surface area contributed by atoms with E-state index in [4.69, 9.17) is 0 Å². The van der Waals surface area contributed by atoms with E-state index >= 15 is 0 Å². The summed E-state index contributed by atoms with van der Waals surface area (Å²) in [7, 11) is 0. The number of aryl methyl sites for hydroxylation is 1. The van der Waals surface area contributed by atoms with E-state index in [1.54, 1.807) is 30.7 Å². The molecule has 3 aromatic rings. The summed E-state index contributed by atoms with van der Waals surface area (Å²) in [5.41, 5.74) is 5.13. The number of nitrogens with zero attached hydrogens (tertiary/aromatic N) is 1. The van der Waals surface area contributed by atoms with Crippen LogP contribution in [0.25, 0.3) is 5.57 Å². The van der Waals surface area contributed by atoms with Gasteiger partial charge in [-0.2, -0.15) is 0 Å². The lowest BCUT2D eigenvalue weighted by atomic mass is 10.0. The van der Waals surface area contributed by atoms with E-state index < -0.39 is 0 Å². The summed E-state index contributed by atoms with van der Waals surface area (Å²) in [6.45, 7) is 3.90. The Morgan fingerprint density at radius 1 is 1.17 bits per heavy atom. The van der Waals surface area contributed by atoms with E-state index in [0.29, 0.717) is 16.9 Å². The molecular formula is C23H21FN4O. The van der Waals surface area contributed by atoms with E-state index in [0.717, 1.165) is 22.4 Å². The lowest BCUT2D eigenvalue weighted by Crippen LogP contribution is -2.08. The molecule has 2 heterocycles. The Bertz CT molecular complexity index is 1100. The Morgan fingerprint density at radius 2 is 2.03 bits per heavy atom. The zero-order valence-electron chi connectivity index (χ0n) is 16.2. The zero-order chi connectivity index (χ0) is 20.4. The minimum atomic E-state index is -0.378. The molecule has 29 heavy (non-hydrogen) atoms. The summed E-state index contributed by atoms with van der Waals surface area (Å²) in [5.74, 6) is -0.553. The van der Waals surface area contributed by atoms with Crippen molar-refractivity contribution in [2.24, 2.45) is 0 Å². The molecule has 4 rings (SSSR count). The first-order valence-electron chi connectivity index (χ1n) is 9.37. The van der Waals surface area contributed by atoms with Crippen molar-refractivity contribution in [2.75, 3.05) is 16.0 Å². The third-order valence-electron chi connectivity index (χ3n) is 4.94. The van der Waals surface area contributed by atoms with Gasteiger partial charge in [0.1, 0.15) is 5.82 Å². The van der Waals surface area contributed by atoms with Gasteiger partial charge in [-0.1, -0.05) is 18.2 Å². The van der Waals surface area contributed by atoms with Gasteiger partial charge >= 0.3 is 0 Å². The Kier molecular flexibility index (Phi) is 4.99. The van der Waals surface area contributed by atoms with Gasteiger partial charge in [0.05, 0.1) is 17.3 Å². The number of halogens is 1. The van der Waals surface area contributed by atoms with Gasteiger partial charge in [0.25, 0.3) is 5.91 Å². The fourth-order valence-electron chi connectivity index (χ4n) is 3.40. The van der Waals surface area contributed by atoms with Gasteiger partial charge in [-0.05, 0) is 55.3 Å². The van der Waals surface area contributed by atoms with Gasteiger partial charge in [-0.25, -0.2) is 4.39 Å². The predicted octanol–water partition coefficient (Wildman–Crippen LogP) is 5.11. The molecule has 0 bridgehead atoms. The molecule has 1 unspecified atom stereocenters. The van der Waals surface area contributed by atoms with Crippen molar-refractivity contribution in [1.29, 1.82) is 0 Å². The average molecular weight is 388 g/mol. The smallest absolute Gasteiger partial charge is 0.257 e. The molecule has 2 aromatic carbocycles. The molecule has 0 saturated carbocycles. The maximum Gasteiger partial charge on any atom is 0.257 e. The summed E-state index contributed by atoms with van der Waals surface area (Å²) in [6.07, 6.45) is 5.08. The first-order chi connectivity index (χ1) is 14.0. The number of carbonyl (C=O) groups is 1. The van der Waals surface area contributed by atoms with Gasteiger partial charge < -0.3 is 16.0 Å². The molecule has 146 valence electrons. The van der Waals surface area contributed by atoms with E-state index in [2.05, 4.69) is 20.9 Å². The highest BCUT2D eigenvalue weighted by molar-refractivity contribution is 6.32. The molecule has 0 fully saturated rings. The van der Waals surface area contributed by atoms with Gasteiger partial charge in [-0.15, -0.1) is 0 Å². The fraction of sp³-hybridized carbons (Fsp3) is 0.130. The highest BCUT2D eigenvalue weighted by Gasteiger charge is 2.25. The number of fused-ring (bicyclic) bond motifs is 1. The Balaban J connectivity index is 1.51. The van der Waals surface area contributed by atoms with E-state index in [-0.39, 0.29) is 17.8 Å². The van der Waals surface area contributed by atoms with Crippen LogP contribution in [0.15, 0.2) is 67.1 Å². The summed E-state index contributed by atoms with van der Waals surface area (Å²) >= 11 is 0. The van der Waals surface area contributed by atoms with Crippen molar-refractivity contribution in [3.8, 4) is 0 Å². The van der Waals surface area contributed by atoms with Crippen molar-refractivity contribution >= 4 is 28.5 Å². The Labute approximate surface area is 168 Å². The van der Waals surface area contributed by atoms with Crippen molar-refractivity contribution in [1.82, 2.24) is 4.98 Å². The van der Waals surface area contributed by atoms with Crippen LogP contribution in [-0.4, -0.2) is 10.9 Å². The fourth-order valence-corrected chi connectivity index (χ4v) is 3.40. The number of benzene rings is 2. The molecule has 0 aliphatic carbocycles. The van der Waals surface area contributed by atoms with Crippen LogP contribution < -0.4 is 16.0 Å². The molecule has 0 radical (unpaired) electrons. The third-order valence-corrected chi connectivity index (χ3v) is 4.94. The average Bonchev–Trinajstić information content (AvgIpc) is 3.05. The molecule has 3 N–H and O–H groups in total. The minimum absolute atomic E-state index is 0.0826. The second-order valence-electron chi connectivity index (χ2n) is 7.00. The standard InChI is InChI=1S/C23H21FN4O/c1-14-5-3-7-21-22(14)18(23(29)28-21)13-26-17-8-9-20(19(24)11-17)27-15(2)16-6-4-10-25-12-16/h3-13,15,26-27H,1-2H3,(H,28,29)/b18-13-. The van der Waals surface area contributed by atoms with Crippen molar-refractivity contribution in [2.45, 2.75) is 19.9 Å². The molecule has 1 aliphatic heterocycles. The number of pyridine rings is 1. The van der Waals surface area contributed by atoms with Crippen molar-refractivity contribution in [3.63, 3.8) is 0 Å². The summed E-state index contributed by atoms with van der Waals surface area (Å²) in [5, 5.41) is 9.04. The maximum absolute atomic E-state index is 14.6. The molecule has 0 spiro atoms. The molecule has 1 atom stereocenters. The first-order valence-corrected chi connectivity index (χ1v) is 9.37. The zero-order valence-corrected chi connectivity index (χ0v) is 16.2. The van der Waals surface area contributed by atoms with E-state index in [9.17, 15) is 9.18 Å².